The van der Waals surface area contributed by atoms with Gasteiger partial charge in [-0.05, 0) is 55.5 Å². The van der Waals surface area contributed by atoms with E-state index in [0.717, 1.165) is 6.07 Å². The topological polar surface area (TPSA) is 86.8 Å². The standard InChI is InChI=1S/C25H25F3N6O/c1-16(35)34(21-7-5-20(6-8-21)32-24-10-3-17(12-29)13-30-24)23-9-4-18(11-22(23)25(26,27)28)19-14-31-33(2)15-19/h3-4,9-11,13-15,20-21H,5-8H2,1-2H3,(H,30,32). The predicted octanol–water partition coefficient (Wildman–Crippen LogP) is 5.15. The molecule has 1 aliphatic rings. The number of carbonyl (C=O) groups excluding carboxylic acids is 1. The molecule has 0 unspecified atom stereocenters. The summed E-state index contributed by atoms with van der Waals surface area (Å²) in [7, 11) is 1.70. The van der Waals surface area contributed by atoms with Gasteiger partial charge in [0.05, 0.1) is 23.0 Å². The number of amides is 1. The van der Waals surface area contributed by atoms with Crippen molar-refractivity contribution >= 4 is 17.4 Å². The normalized spacial score (nSPS) is 18.1. The second-order valence-corrected chi connectivity index (χ2v) is 8.72. The van der Waals surface area contributed by atoms with Crippen molar-refractivity contribution in [2.45, 2.75) is 50.9 Å². The van der Waals surface area contributed by atoms with Crippen LogP contribution in [0.3, 0.4) is 0 Å². The quantitative estimate of drug-likeness (QED) is 0.544. The van der Waals surface area contributed by atoms with Crippen LogP contribution >= 0.6 is 0 Å². The monoisotopic (exact) mass is 482 g/mol. The Balaban J connectivity index is 1.54. The van der Waals surface area contributed by atoms with E-state index >= 15 is 0 Å². The van der Waals surface area contributed by atoms with Crippen LogP contribution in [0.25, 0.3) is 11.1 Å². The summed E-state index contributed by atoms with van der Waals surface area (Å²) < 4.78 is 43.8. The molecule has 35 heavy (non-hydrogen) atoms. The van der Waals surface area contributed by atoms with Gasteiger partial charge in [0.2, 0.25) is 5.91 Å². The summed E-state index contributed by atoms with van der Waals surface area (Å²) in [5, 5.41) is 16.2. The van der Waals surface area contributed by atoms with Crippen LogP contribution in [0.1, 0.15) is 43.7 Å². The summed E-state index contributed by atoms with van der Waals surface area (Å²) in [6.45, 7) is 1.31. The highest BCUT2D eigenvalue weighted by atomic mass is 19.4. The number of halogens is 3. The highest BCUT2D eigenvalue weighted by molar-refractivity contribution is 5.93. The molecule has 1 amide bonds. The first-order chi connectivity index (χ1) is 16.7. The Bertz CT molecular complexity index is 1240. The first kappa shape index (κ1) is 24.3. The van der Waals surface area contributed by atoms with Crippen molar-refractivity contribution in [3.05, 3.63) is 60.0 Å². The van der Waals surface area contributed by atoms with Crippen LogP contribution in [-0.2, 0) is 18.0 Å². The van der Waals surface area contributed by atoms with Crippen LogP contribution in [0, 0.1) is 11.3 Å². The van der Waals surface area contributed by atoms with Gasteiger partial charge in [0.15, 0.2) is 0 Å². The van der Waals surface area contributed by atoms with E-state index in [4.69, 9.17) is 5.26 Å². The number of aromatic nitrogens is 3. The number of nitrogens with one attached hydrogen (secondary N) is 1. The molecular weight excluding hydrogens is 457 g/mol. The first-order valence-corrected chi connectivity index (χ1v) is 11.3. The largest absolute Gasteiger partial charge is 0.418 e. The van der Waals surface area contributed by atoms with Crippen LogP contribution in [0.2, 0.25) is 0 Å². The van der Waals surface area contributed by atoms with Crippen molar-refractivity contribution in [2.75, 3.05) is 10.2 Å². The van der Waals surface area contributed by atoms with Crippen LogP contribution in [0.15, 0.2) is 48.9 Å². The minimum Gasteiger partial charge on any atom is -0.367 e. The minimum absolute atomic E-state index is 0.0792. The van der Waals surface area contributed by atoms with Crippen LogP contribution in [0.4, 0.5) is 24.7 Å². The van der Waals surface area contributed by atoms with Gasteiger partial charge in [-0.15, -0.1) is 0 Å². The van der Waals surface area contributed by atoms with Gasteiger partial charge in [-0.3, -0.25) is 9.48 Å². The van der Waals surface area contributed by atoms with Gasteiger partial charge < -0.3 is 10.2 Å². The van der Waals surface area contributed by atoms with E-state index in [1.165, 1.54) is 35.0 Å². The fraction of sp³-hybridized carbons (Fsp3) is 0.360. The third kappa shape index (κ3) is 5.45. The maximum Gasteiger partial charge on any atom is 0.418 e. The number of benzene rings is 1. The van der Waals surface area contributed by atoms with E-state index in [1.54, 1.807) is 31.4 Å². The SMILES string of the molecule is CC(=O)N(c1ccc(-c2cnn(C)c2)cc1C(F)(F)F)C1CCC(Nc2ccc(C#N)cn2)CC1. The molecule has 2 heterocycles. The van der Waals surface area contributed by atoms with E-state index in [1.807, 2.05) is 6.07 Å². The Hall–Kier alpha value is -3.87. The van der Waals surface area contributed by atoms with E-state index < -0.39 is 17.6 Å². The fourth-order valence-electron chi connectivity index (χ4n) is 4.58. The van der Waals surface area contributed by atoms with Crippen LogP contribution in [-0.4, -0.2) is 32.8 Å². The van der Waals surface area contributed by atoms with Gasteiger partial charge in [0, 0.05) is 44.0 Å². The smallest absolute Gasteiger partial charge is 0.367 e. The van der Waals surface area contributed by atoms with Gasteiger partial charge in [-0.2, -0.15) is 23.5 Å². The number of nitrogens with zero attached hydrogens (tertiary/aromatic N) is 5. The molecule has 7 nitrogen and oxygen atoms in total. The van der Waals surface area contributed by atoms with Crippen molar-refractivity contribution in [3.63, 3.8) is 0 Å². The fourth-order valence-corrected chi connectivity index (χ4v) is 4.58. The van der Waals surface area contributed by atoms with Crippen LogP contribution in [0.5, 0.6) is 0 Å². The Kier molecular flexibility index (Phi) is 6.78. The zero-order valence-corrected chi connectivity index (χ0v) is 19.4. The minimum atomic E-state index is -4.62. The Morgan fingerprint density at radius 2 is 1.89 bits per heavy atom. The third-order valence-electron chi connectivity index (χ3n) is 6.25. The zero-order valence-electron chi connectivity index (χ0n) is 19.4. The average molecular weight is 483 g/mol. The molecule has 0 aliphatic heterocycles. The summed E-state index contributed by atoms with van der Waals surface area (Å²) in [4.78, 5) is 18.1. The number of aryl methyl sites for hydroxylation is 1. The molecule has 0 saturated heterocycles. The molecule has 0 radical (unpaired) electrons. The molecule has 1 fully saturated rings. The summed E-state index contributed by atoms with van der Waals surface area (Å²) in [5.74, 6) is 0.219. The van der Waals surface area contributed by atoms with E-state index in [2.05, 4.69) is 15.4 Å². The molecule has 0 bridgehead atoms. The molecule has 3 aromatic rings. The highest BCUT2D eigenvalue weighted by Crippen LogP contribution is 2.41. The van der Waals surface area contributed by atoms with Crippen molar-refractivity contribution in [1.82, 2.24) is 14.8 Å². The van der Waals surface area contributed by atoms with E-state index in [9.17, 15) is 18.0 Å². The molecule has 182 valence electrons. The molecule has 1 aromatic carbocycles. The third-order valence-corrected chi connectivity index (χ3v) is 6.25. The lowest BCUT2D eigenvalue weighted by molar-refractivity contribution is -0.137. The van der Waals surface area contributed by atoms with Crippen molar-refractivity contribution < 1.29 is 18.0 Å². The summed E-state index contributed by atoms with van der Waals surface area (Å²) in [6, 6.07) is 9.23. The molecule has 1 aliphatic carbocycles. The predicted molar refractivity (Wildman–Crippen MR) is 125 cm³/mol. The average Bonchev–Trinajstić information content (AvgIpc) is 3.26. The highest BCUT2D eigenvalue weighted by Gasteiger charge is 2.38. The molecule has 4 rings (SSSR count). The second kappa shape index (κ2) is 9.78. The Morgan fingerprint density at radius 3 is 2.43 bits per heavy atom. The number of pyridine rings is 1. The number of rotatable bonds is 5. The maximum absolute atomic E-state index is 14.1. The van der Waals surface area contributed by atoms with Gasteiger partial charge in [-0.1, -0.05) is 6.07 Å². The van der Waals surface area contributed by atoms with Gasteiger partial charge in [0.25, 0.3) is 0 Å². The van der Waals surface area contributed by atoms with Gasteiger partial charge in [-0.25, -0.2) is 4.98 Å². The number of carbonyl (C=O) groups is 1. The second-order valence-electron chi connectivity index (χ2n) is 8.72. The lowest BCUT2D eigenvalue weighted by Crippen LogP contribution is -2.44. The van der Waals surface area contributed by atoms with E-state index in [-0.39, 0.29) is 17.8 Å². The molecule has 1 saturated carbocycles. The van der Waals surface area contributed by atoms with Crippen molar-refractivity contribution in [3.8, 4) is 17.2 Å². The Labute approximate surface area is 201 Å². The number of nitriles is 1. The van der Waals surface area contributed by atoms with Gasteiger partial charge >= 0.3 is 6.18 Å². The number of anilines is 2. The Morgan fingerprint density at radius 1 is 1.14 bits per heavy atom. The zero-order chi connectivity index (χ0) is 25.2. The lowest BCUT2D eigenvalue weighted by atomic mass is 9.89. The van der Waals surface area contributed by atoms with E-state index in [0.29, 0.717) is 48.2 Å². The number of hydrogen-bond donors (Lipinski definition) is 1. The summed E-state index contributed by atoms with van der Waals surface area (Å²) in [6.07, 6.45) is 2.46. The number of alkyl halides is 3. The maximum atomic E-state index is 14.1. The molecule has 0 spiro atoms. The van der Waals surface area contributed by atoms with Crippen molar-refractivity contribution in [1.29, 1.82) is 5.26 Å². The molecule has 2 aromatic heterocycles. The van der Waals surface area contributed by atoms with Crippen molar-refractivity contribution in [2.24, 2.45) is 7.05 Å². The van der Waals surface area contributed by atoms with Crippen LogP contribution < -0.4 is 10.2 Å². The summed E-state index contributed by atoms with van der Waals surface area (Å²) >= 11 is 0. The number of hydrogen-bond acceptors (Lipinski definition) is 5. The molecule has 1 N–H and O–H groups in total. The van der Waals surface area contributed by atoms with Gasteiger partial charge in [0.1, 0.15) is 11.9 Å². The molecular formula is C25H25F3N6O. The molecule has 0 atom stereocenters. The molecule has 10 heteroatoms. The first-order valence-electron chi connectivity index (χ1n) is 11.3. The lowest BCUT2D eigenvalue weighted by Gasteiger charge is -2.38. The summed E-state index contributed by atoms with van der Waals surface area (Å²) in [5.41, 5.74) is 0.465.